The molecule has 18 heavy (non-hydrogen) atoms. The van der Waals surface area contributed by atoms with Gasteiger partial charge in [-0.05, 0) is 38.3 Å². The smallest absolute Gasteiger partial charge is 0.128 e. The van der Waals surface area contributed by atoms with Gasteiger partial charge in [-0.2, -0.15) is 0 Å². The summed E-state index contributed by atoms with van der Waals surface area (Å²) in [5.41, 5.74) is 13.9. The number of nitrogen functional groups attached to an aromatic ring is 1. The number of aromatic nitrogens is 1. The Hall–Kier alpha value is -1.13. The van der Waals surface area contributed by atoms with Crippen molar-refractivity contribution in [2.45, 2.75) is 52.2 Å². The number of hydrogen-bond acceptors (Lipinski definition) is 4. The molecule has 4 N–H and O–H groups in total. The summed E-state index contributed by atoms with van der Waals surface area (Å²) in [6.45, 7) is 8.82. The van der Waals surface area contributed by atoms with Gasteiger partial charge in [0.15, 0.2) is 0 Å². The van der Waals surface area contributed by atoms with Gasteiger partial charge >= 0.3 is 0 Å². The Kier molecular flexibility index (Phi) is 5.11. The molecule has 0 aliphatic rings. The first kappa shape index (κ1) is 14.9. The number of nitrogens with zero attached hydrogens (tertiary/aromatic N) is 1. The van der Waals surface area contributed by atoms with Crippen LogP contribution in [0.1, 0.15) is 50.8 Å². The zero-order valence-corrected chi connectivity index (χ0v) is 11.9. The van der Waals surface area contributed by atoms with E-state index >= 15 is 0 Å². The lowest BCUT2D eigenvalue weighted by Crippen LogP contribution is -2.43. The summed E-state index contributed by atoms with van der Waals surface area (Å²) in [6, 6.07) is 1.76. The summed E-state index contributed by atoms with van der Waals surface area (Å²) in [5, 5.41) is 0. The fourth-order valence-electron chi connectivity index (χ4n) is 2.41. The number of anilines is 1. The highest BCUT2D eigenvalue weighted by molar-refractivity contribution is 5.44. The lowest BCUT2D eigenvalue weighted by atomic mass is 9.84. The molecular formula is C14H25N3O. The van der Waals surface area contributed by atoms with Crippen LogP contribution in [-0.2, 0) is 4.74 Å². The minimum absolute atomic E-state index is 0.250. The fourth-order valence-corrected chi connectivity index (χ4v) is 2.41. The predicted molar refractivity (Wildman–Crippen MR) is 75.3 cm³/mol. The SMILES string of the molecule is CCOC(CC)(CC)C(N)c1cc(C)cnc1N. The van der Waals surface area contributed by atoms with Gasteiger partial charge in [0.1, 0.15) is 5.82 Å². The van der Waals surface area contributed by atoms with Crippen molar-refractivity contribution in [3.8, 4) is 0 Å². The van der Waals surface area contributed by atoms with Crippen LogP contribution in [0.25, 0.3) is 0 Å². The van der Waals surface area contributed by atoms with Crippen LogP contribution >= 0.6 is 0 Å². The summed E-state index contributed by atoms with van der Waals surface area (Å²) in [5.74, 6) is 0.499. The van der Waals surface area contributed by atoms with Crippen molar-refractivity contribution in [3.05, 3.63) is 23.4 Å². The van der Waals surface area contributed by atoms with Crippen molar-refractivity contribution in [1.29, 1.82) is 0 Å². The van der Waals surface area contributed by atoms with E-state index in [4.69, 9.17) is 16.2 Å². The van der Waals surface area contributed by atoms with Gasteiger partial charge in [0.05, 0.1) is 11.6 Å². The molecule has 0 amide bonds. The maximum Gasteiger partial charge on any atom is 0.128 e. The van der Waals surface area contributed by atoms with Gasteiger partial charge in [0, 0.05) is 18.4 Å². The van der Waals surface area contributed by atoms with Crippen LogP contribution in [-0.4, -0.2) is 17.2 Å². The number of ether oxygens (including phenoxy) is 1. The first-order valence-electron chi connectivity index (χ1n) is 6.62. The summed E-state index contributed by atoms with van der Waals surface area (Å²) in [6.07, 6.45) is 3.46. The first-order valence-corrected chi connectivity index (χ1v) is 6.62. The Bertz CT molecular complexity index is 389. The average Bonchev–Trinajstić information content (AvgIpc) is 2.38. The molecule has 0 bridgehead atoms. The van der Waals surface area contributed by atoms with E-state index in [0.717, 1.165) is 24.0 Å². The molecule has 0 radical (unpaired) electrons. The second-order valence-electron chi connectivity index (χ2n) is 4.67. The molecule has 0 saturated heterocycles. The second-order valence-corrected chi connectivity index (χ2v) is 4.67. The molecule has 1 aromatic heterocycles. The Morgan fingerprint density at radius 2 is 1.94 bits per heavy atom. The largest absolute Gasteiger partial charge is 0.383 e. The van der Waals surface area contributed by atoms with Gasteiger partial charge in [-0.1, -0.05) is 13.8 Å². The molecule has 0 aliphatic heterocycles. The maximum atomic E-state index is 6.41. The monoisotopic (exact) mass is 251 g/mol. The molecule has 0 spiro atoms. The van der Waals surface area contributed by atoms with Crippen molar-refractivity contribution in [1.82, 2.24) is 4.98 Å². The zero-order chi connectivity index (χ0) is 13.8. The number of pyridine rings is 1. The zero-order valence-electron chi connectivity index (χ0n) is 11.9. The normalized spacial score (nSPS) is 13.6. The standard InChI is InChI=1S/C14H25N3O/c1-5-14(6-2,18-7-3)12(15)11-8-10(4)9-17-13(11)16/h8-9,12H,5-7,15H2,1-4H3,(H2,16,17). The van der Waals surface area contributed by atoms with E-state index in [2.05, 4.69) is 18.8 Å². The Labute approximate surface area is 110 Å². The molecule has 1 heterocycles. The summed E-state index contributed by atoms with van der Waals surface area (Å²) in [4.78, 5) is 4.18. The Morgan fingerprint density at radius 3 is 2.44 bits per heavy atom. The van der Waals surface area contributed by atoms with Gasteiger partial charge in [-0.3, -0.25) is 0 Å². The number of hydrogen-bond donors (Lipinski definition) is 2. The molecular weight excluding hydrogens is 226 g/mol. The van der Waals surface area contributed by atoms with E-state index in [-0.39, 0.29) is 11.6 Å². The molecule has 4 nitrogen and oxygen atoms in total. The van der Waals surface area contributed by atoms with Crippen LogP contribution in [0, 0.1) is 6.92 Å². The molecule has 4 heteroatoms. The van der Waals surface area contributed by atoms with Crippen molar-refractivity contribution in [2.24, 2.45) is 5.73 Å². The predicted octanol–water partition coefficient (Wildman–Crippen LogP) is 2.57. The van der Waals surface area contributed by atoms with Gasteiger partial charge in [0.25, 0.3) is 0 Å². The minimum Gasteiger partial charge on any atom is -0.383 e. The topological polar surface area (TPSA) is 74.2 Å². The third-order valence-corrected chi connectivity index (χ3v) is 3.62. The number of rotatable bonds is 6. The van der Waals surface area contributed by atoms with Crippen LogP contribution in [0.2, 0.25) is 0 Å². The van der Waals surface area contributed by atoms with Crippen LogP contribution in [0.15, 0.2) is 12.3 Å². The van der Waals surface area contributed by atoms with Crippen molar-refractivity contribution < 1.29 is 4.74 Å². The van der Waals surface area contributed by atoms with Gasteiger partial charge in [0.2, 0.25) is 0 Å². The van der Waals surface area contributed by atoms with E-state index in [1.165, 1.54) is 0 Å². The van der Waals surface area contributed by atoms with Crippen molar-refractivity contribution in [3.63, 3.8) is 0 Å². The van der Waals surface area contributed by atoms with Crippen LogP contribution in [0.3, 0.4) is 0 Å². The minimum atomic E-state index is -0.363. The van der Waals surface area contributed by atoms with E-state index < -0.39 is 0 Å². The van der Waals surface area contributed by atoms with Crippen LogP contribution < -0.4 is 11.5 Å². The highest BCUT2D eigenvalue weighted by Gasteiger charge is 2.36. The summed E-state index contributed by atoms with van der Waals surface area (Å²) >= 11 is 0. The molecule has 1 atom stereocenters. The molecule has 0 fully saturated rings. The van der Waals surface area contributed by atoms with Crippen LogP contribution in [0.4, 0.5) is 5.82 Å². The quantitative estimate of drug-likeness (QED) is 0.815. The average molecular weight is 251 g/mol. The van der Waals surface area contributed by atoms with Crippen molar-refractivity contribution >= 4 is 5.82 Å². The maximum absolute atomic E-state index is 6.41. The van der Waals surface area contributed by atoms with E-state index in [9.17, 15) is 0 Å². The van der Waals surface area contributed by atoms with Gasteiger partial charge in [-0.25, -0.2) is 4.98 Å². The Balaban J connectivity index is 3.16. The Morgan fingerprint density at radius 1 is 1.33 bits per heavy atom. The van der Waals surface area contributed by atoms with Gasteiger partial charge < -0.3 is 16.2 Å². The van der Waals surface area contributed by atoms with E-state index in [0.29, 0.717) is 12.4 Å². The van der Waals surface area contributed by atoms with Crippen LogP contribution in [0.5, 0.6) is 0 Å². The summed E-state index contributed by atoms with van der Waals surface area (Å²) in [7, 11) is 0. The lowest BCUT2D eigenvalue weighted by molar-refractivity contribution is -0.0644. The van der Waals surface area contributed by atoms with E-state index in [1.54, 1.807) is 6.20 Å². The highest BCUT2D eigenvalue weighted by Crippen LogP contribution is 2.35. The molecule has 0 saturated carbocycles. The molecule has 0 aromatic carbocycles. The summed E-state index contributed by atoms with van der Waals surface area (Å²) < 4.78 is 5.93. The third-order valence-electron chi connectivity index (χ3n) is 3.62. The molecule has 1 aromatic rings. The molecule has 102 valence electrons. The van der Waals surface area contributed by atoms with Crippen molar-refractivity contribution in [2.75, 3.05) is 12.3 Å². The molecule has 0 aliphatic carbocycles. The third kappa shape index (κ3) is 2.82. The fraction of sp³-hybridized carbons (Fsp3) is 0.643. The highest BCUT2D eigenvalue weighted by atomic mass is 16.5. The van der Waals surface area contributed by atoms with Gasteiger partial charge in [-0.15, -0.1) is 0 Å². The first-order chi connectivity index (χ1) is 8.50. The number of aryl methyl sites for hydroxylation is 1. The lowest BCUT2D eigenvalue weighted by Gasteiger charge is -2.37. The van der Waals surface area contributed by atoms with E-state index in [1.807, 2.05) is 19.9 Å². The molecule has 1 rings (SSSR count). The second kappa shape index (κ2) is 6.16. The number of nitrogens with two attached hydrogens (primary N) is 2. The molecule has 1 unspecified atom stereocenters.